The number of thioether (sulfide) groups is 1. The van der Waals surface area contributed by atoms with Crippen LogP contribution in [0.15, 0.2) is 23.0 Å². The van der Waals surface area contributed by atoms with Crippen LogP contribution in [-0.4, -0.2) is 28.2 Å². The molecular weight excluding hydrogens is 366 g/mol. The molecule has 0 bridgehead atoms. The van der Waals surface area contributed by atoms with Crippen LogP contribution >= 0.6 is 11.8 Å². The predicted molar refractivity (Wildman–Crippen MR) is 103 cm³/mol. The lowest BCUT2D eigenvalue weighted by Crippen LogP contribution is -2.21. The van der Waals surface area contributed by atoms with Gasteiger partial charge in [0.15, 0.2) is 11.5 Å². The Morgan fingerprint density at radius 1 is 1.07 bits per heavy atom. The highest BCUT2D eigenvalue weighted by Crippen LogP contribution is 2.44. The number of hydrogen-bond donors (Lipinski definition) is 2. The van der Waals surface area contributed by atoms with Gasteiger partial charge in [0.05, 0.1) is 22.6 Å². The van der Waals surface area contributed by atoms with E-state index in [2.05, 4.69) is 10.4 Å². The molecule has 1 saturated carbocycles. The van der Waals surface area contributed by atoms with Crippen molar-refractivity contribution in [2.24, 2.45) is 0 Å². The molecule has 1 amide bonds. The van der Waals surface area contributed by atoms with E-state index in [4.69, 9.17) is 9.47 Å². The highest BCUT2D eigenvalue weighted by molar-refractivity contribution is 8.00. The van der Waals surface area contributed by atoms with Gasteiger partial charge in [0.2, 0.25) is 12.7 Å². The van der Waals surface area contributed by atoms with E-state index in [-0.39, 0.29) is 29.6 Å². The van der Waals surface area contributed by atoms with Gasteiger partial charge in [0.25, 0.3) is 5.56 Å². The molecule has 0 spiro atoms. The third-order valence-corrected chi connectivity index (χ3v) is 6.77. The van der Waals surface area contributed by atoms with Crippen molar-refractivity contribution in [3.05, 3.63) is 39.7 Å². The van der Waals surface area contributed by atoms with Crippen molar-refractivity contribution in [2.45, 2.75) is 43.4 Å². The molecule has 0 saturated heterocycles. The number of ether oxygens (including phenoxy) is 2. The van der Waals surface area contributed by atoms with Crippen LogP contribution in [0.1, 0.15) is 54.5 Å². The van der Waals surface area contributed by atoms with Crippen LogP contribution in [0.5, 0.6) is 11.5 Å². The molecule has 3 aliphatic rings. The number of carbonyl (C=O) groups excluding carboxylic acids is 1. The minimum Gasteiger partial charge on any atom is -0.454 e. The normalized spacial score (nSPS) is 22.2. The van der Waals surface area contributed by atoms with E-state index < -0.39 is 0 Å². The number of nitrogens with one attached hydrogen (secondary N) is 2. The molecule has 2 N–H and O–H groups in total. The zero-order chi connectivity index (χ0) is 18.4. The van der Waals surface area contributed by atoms with E-state index in [0.29, 0.717) is 28.6 Å². The summed E-state index contributed by atoms with van der Waals surface area (Å²) in [5, 5.41) is 5.75. The van der Waals surface area contributed by atoms with Gasteiger partial charge in [-0.05, 0) is 30.5 Å². The maximum absolute atomic E-state index is 12.9. The van der Waals surface area contributed by atoms with Crippen LogP contribution in [0.25, 0.3) is 0 Å². The maximum Gasteiger partial charge on any atom is 0.270 e. The fourth-order valence-corrected chi connectivity index (χ4v) is 5.31. The molecule has 1 unspecified atom stereocenters. The van der Waals surface area contributed by atoms with Gasteiger partial charge in [0.1, 0.15) is 5.82 Å². The number of nitrogens with zero attached hydrogens (tertiary/aromatic N) is 1. The Morgan fingerprint density at radius 2 is 1.89 bits per heavy atom. The second-order valence-electron chi connectivity index (χ2n) is 7.22. The van der Waals surface area contributed by atoms with Crippen LogP contribution in [0, 0.1) is 0 Å². The summed E-state index contributed by atoms with van der Waals surface area (Å²) in [7, 11) is 0. The molecule has 1 aromatic carbocycles. The van der Waals surface area contributed by atoms with Crippen LogP contribution in [0.3, 0.4) is 0 Å². The second kappa shape index (κ2) is 6.67. The average Bonchev–Trinajstić information content (AvgIpc) is 3.23. The van der Waals surface area contributed by atoms with Crippen molar-refractivity contribution in [1.29, 1.82) is 0 Å². The quantitative estimate of drug-likeness (QED) is 0.827. The van der Waals surface area contributed by atoms with E-state index in [9.17, 15) is 9.59 Å². The molecule has 142 valence electrons. The first-order valence-electron chi connectivity index (χ1n) is 9.36. The molecule has 27 heavy (non-hydrogen) atoms. The monoisotopic (exact) mass is 387 g/mol. The van der Waals surface area contributed by atoms with Gasteiger partial charge < -0.3 is 14.8 Å². The highest BCUT2D eigenvalue weighted by Gasteiger charge is 2.33. The van der Waals surface area contributed by atoms with E-state index in [1.165, 1.54) is 18.2 Å². The van der Waals surface area contributed by atoms with Gasteiger partial charge >= 0.3 is 0 Å². The first-order chi connectivity index (χ1) is 13.2. The first-order valence-corrected chi connectivity index (χ1v) is 10.4. The smallest absolute Gasteiger partial charge is 0.270 e. The Labute approximate surface area is 160 Å². The molecule has 5 rings (SSSR count). The van der Waals surface area contributed by atoms with Gasteiger partial charge in [0, 0.05) is 0 Å². The van der Waals surface area contributed by atoms with Gasteiger partial charge in [-0.15, -0.1) is 11.8 Å². The number of H-pyrrole nitrogens is 1. The number of aromatic nitrogens is 2. The molecule has 2 aromatic rings. The summed E-state index contributed by atoms with van der Waals surface area (Å²) < 4.78 is 12.8. The SMILES string of the molecule is O=C1CSC(c2ccc3c(c2)OCO3)c2c(n(C3CCCCC3)[nH]c2=O)N1. The van der Waals surface area contributed by atoms with Crippen LogP contribution < -0.4 is 20.3 Å². The summed E-state index contributed by atoms with van der Waals surface area (Å²) in [5.74, 6) is 2.25. The predicted octanol–water partition coefficient (Wildman–Crippen LogP) is 3.18. The molecule has 8 heteroatoms. The van der Waals surface area contributed by atoms with Crippen LogP contribution in [-0.2, 0) is 4.79 Å². The number of rotatable bonds is 2. The number of anilines is 1. The molecule has 1 atom stereocenters. The average molecular weight is 387 g/mol. The van der Waals surface area contributed by atoms with Crippen molar-refractivity contribution >= 4 is 23.5 Å². The third-order valence-electron chi connectivity index (χ3n) is 5.50. The summed E-state index contributed by atoms with van der Waals surface area (Å²) in [6.45, 7) is 0.209. The lowest BCUT2D eigenvalue weighted by Gasteiger charge is -2.24. The van der Waals surface area contributed by atoms with E-state index >= 15 is 0 Å². The molecule has 0 radical (unpaired) electrons. The third kappa shape index (κ3) is 2.92. The van der Waals surface area contributed by atoms with Crippen LogP contribution in [0.4, 0.5) is 5.82 Å². The number of benzene rings is 1. The molecule has 1 aromatic heterocycles. The number of hydrogen-bond acceptors (Lipinski definition) is 5. The highest BCUT2D eigenvalue weighted by atomic mass is 32.2. The Morgan fingerprint density at radius 3 is 2.74 bits per heavy atom. The van der Waals surface area contributed by atoms with Gasteiger partial charge in [-0.3, -0.25) is 19.4 Å². The maximum atomic E-state index is 12.9. The topological polar surface area (TPSA) is 85.3 Å². The number of amides is 1. The van der Waals surface area contributed by atoms with E-state index in [1.54, 1.807) is 0 Å². The minimum atomic E-state index is -0.234. The summed E-state index contributed by atoms with van der Waals surface area (Å²) in [6, 6.07) is 5.96. The van der Waals surface area contributed by atoms with Crippen molar-refractivity contribution in [2.75, 3.05) is 17.9 Å². The fourth-order valence-electron chi connectivity index (χ4n) is 4.20. The van der Waals surface area contributed by atoms with Crippen molar-refractivity contribution in [3.8, 4) is 11.5 Å². The van der Waals surface area contributed by atoms with Crippen molar-refractivity contribution in [3.63, 3.8) is 0 Å². The number of aromatic amines is 1. The van der Waals surface area contributed by atoms with E-state index in [0.717, 1.165) is 31.2 Å². The molecule has 1 fully saturated rings. The van der Waals surface area contributed by atoms with Crippen molar-refractivity contribution in [1.82, 2.24) is 9.78 Å². The Balaban J connectivity index is 1.60. The molecule has 7 nitrogen and oxygen atoms in total. The molecular formula is C19H21N3O4S. The lowest BCUT2D eigenvalue weighted by atomic mass is 9.95. The second-order valence-corrected chi connectivity index (χ2v) is 8.31. The molecule has 3 heterocycles. The fraction of sp³-hybridized carbons (Fsp3) is 0.474. The van der Waals surface area contributed by atoms with Gasteiger partial charge in [-0.2, -0.15) is 0 Å². The minimum absolute atomic E-state index is 0.0759. The zero-order valence-electron chi connectivity index (χ0n) is 14.8. The summed E-state index contributed by atoms with van der Waals surface area (Å²) in [5.41, 5.74) is 1.43. The zero-order valence-corrected chi connectivity index (χ0v) is 15.6. The summed E-state index contributed by atoms with van der Waals surface area (Å²) >= 11 is 1.47. The Hall–Kier alpha value is -2.35. The lowest BCUT2D eigenvalue weighted by molar-refractivity contribution is -0.113. The molecule has 2 aliphatic heterocycles. The Kier molecular flexibility index (Phi) is 4.15. The largest absolute Gasteiger partial charge is 0.454 e. The van der Waals surface area contributed by atoms with E-state index in [1.807, 2.05) is 22.9 Å². The number of carbonyl (C=O) groups is 1. The first kappa shape index (κ1) is 16.8. The Bertz CT molecular complexity index is 945. The standard InChI is InChI=1S/C19H21N3O4S/c23-15-9-27-17(11-6-7-13-14(8-11)26-10-25-13)16-18(20-15)22(21-19(16)24)12-4-2-1-3-5-12/h6-8,12,17H,1-5,9-10H2,(H,20,23)(H,21,24). The number of fused-ring (bicyclic) bond motifs is 2. The summed E-state index contributed by atoms with van der Waals surface area (Å²) in [6.07, 6.45) is 5.57. The summed E-state index contributed by atoms with van der Waals surface area (Å²) in [4.78, 5) is 25.3. The molecule has 1 aliphatic carbocycles. The van der Waals surface area contributed by atoms with Crippen LogP contribution in [0.2, 0.25) is 0 Å². The van der Waals surface area contributed by atoms with Gasteiger partial charge in [-0.1, -0.05) is 25.3 Å². The van der Waals surface area contributed by atoms with Crippen molar-refractivity contribution < 1.29 is 14.3 Å². The van der Waals surface area contributed by atoms with Gasteiger partial charge in [-0.25, -0.2) is 0 Å².